The molecule has 0 aromatic heterocycles. The molecule has 0 fully saturated rings. The van der Waals surface area contributed by atoms with Crippen molar-refractivity contribution in [2.75, 3.05) is 6.54 Å². The third-order valence-corrected chi connectivity index (χ3v) is 2.40. The molecule has 102 valence electrons. The molecule has 1 aromatic carbocycles. The van der Waals surface area contributed by atoms with Crippen molar-refractivity contribution in [2.45, 2.75) is 19.4 Å². The summed E-state index contributed by atoms with van der Waals surface area (Å²) in [6.07, 6.45) is -0.290. The van der Waals surface area contributed by atoms with Crippen LogP contribution in [0.15, 0.2) is 30.3 Å². The summed E-state index contributed by atoms with van der Waals surface area (Å²) < 4.78 is 0. The minimum absolute atomic E-state index is 0.290. The number of rotatable bonds is 6. The molecule has 0 spiro atoms. The van der Waals surface area contributed by atoms with E-state index in [1.807, 2.05) is 0 Å². The molecule has 0 heterocycles. The maximum absolute atomic E-state index is 11.8. The molecule has 0 aliphatic heterocycles. The topological polar surface area (TPSA) is 95.5 Å². The standard InChI is InChI=1S/C13H16N2O4/c1-2-14-11(16)8-10(13(18)19)15-12(17)9-6-4-3-5-7-9/h3-7,10H,2,8H2,1H3,(H,14,16)(H,15,17)(H,18,19). The minimum atomic E-state index is -1.24. The Morgan fingerprint density at radius 3 is 2.37 bits per heavy atom. The fourth-order valence-corrected chi connectivity index (χ4v) is 1.49. The molecule has 6 heteroatoms. The first kappa shape index (κ1) is 14.7. The van der Waals surface area contributed by atoms with Gasteiger partial charge >= 0.3 is 5.97 Å². The number of hydrogen-bond acceptors (Lipinski definition) is 3. The molecule has 19 heavy (non-hydrogen) atoms. The number of amides is 2. The molecule has 6 nitrogen and oxygen atoms in total. The van der Waals surface area contributed by atoms with Crippen molar-refractivity contribution in [3.05, 3.63) is 35.9 Å². The number of aliphatic carboxylic acids is 1. The van der Waals surface area contributed by atoms with Gasteiger partial charge in [-0.3, -0.25) is 9.59 Å². The quantitative estimate of drug-likeness (QED) is 0.693. The monoisotopic (exact) mass is 264 g/mol. The van der Waals surface area contributed by atoms with Crippen LogP contribution in [0.1, 0.15) is 23.7 Å². The minimum Gasteiger partial charge on any atom is -0.480 e. The summed E-state index contributed by atoms with van der Waals surface area (Å²) in [5.74, 6) is -2.17. The summed E-state index contributed by atoms with van der Waals surface area (Å²) in [7, 11) is 0. The molecule has 3 N–H and O–H groups in total. The fourth-order valence-electron chi connectivity index (χ4n) is 1.49. The van der Waals surface area contributed by atoms with Crippen LogP contribution in [-0.4, -0.2) is 35.5 Å². The Kier molecular flexibility index (Phi) is 5.53. The number of hydrogen-bond donors (Lipinski definition) is 3. The summed E-state index contributed by atoms with van der Waals surface area (Å²) in [5, 5.41) is 13.8. The molecule has 0 radical (unpaired) electrons. The van der Waals surface area contributed by atoms with Crippen LogP contribution in [0.25, 0.3) is 0 Å². The SMILES string of the molecule is CCNC(=O)CC(NC(=O)c1ccccc1)C(=O)O. The van der Waals surface area contributed by atoms with Gasteiger partial charge < -0.3 is 15.7 Å². The molecule has 0 aliphatic carbocycles. The van der Waals surface area contributed by atoms with E-state index < -0.39 is 23.8 Å². The van der Waals surface area contributed by atoms with Gasteiger partial charge in [0.25, 0.3) is 5.91 Å². The molecule has 0 saturated carbocycles. The van der Waals surface area contributed by atoms with Gasteiger partial charge in [-0.25, -0.2) is 4.79 Å². The highest BCUT2D eigenvalue weighted by Crippen LogP contribution is 2.01. The average Bonchev–Trinajstić information content (AvgIpc) is 2.39. The lowest BCUT2D eigenvalue weighted by atomic mass is 10.1. The molecule has 1 atom stereocenters. The van der Waals surface area contributed by atoms with E-state index in [0.29, 0.717) is 12.1 Å². The highest BCUT2D eigenvalue weighted by molar-refractivity contribution is 5.97. The summed E-state index contributed by atoms with van der Waals surface area (Å²) >= 11 is 0. The van der Waals surface area contributed by atoms with E-state index in [-0.39, 0.29) is 6.42 Å². The van der Waals surface area contributed by atoms with Crippen molar-refractivity contribution < 1.29 is 19.5 Å². The molecule has 2 amide bonds. The highest BCUT2D eigenvalue weighted by Gasteiger charge is 2.23. The van der Waals surface area contributed by atoms with E-state index in [1.54, 1.807) is 37.3 Å². The number of carboxylic acids is 1. The Labute approximate surface area is 110 Å². The van der Waals surface area contributed by atoms with Crippen LogP contribution in [0.3, 0.4) is 0 Å². The Hall–Kier alpha value is -2.37. The van der Waals surface area contributed by atoms with Crippen molar-refractivity contribution in [3.8, 4) is 0 Å². The zero-order valence-corrected chi connectivity index (χ0v) is 10.6. The molecule has 0 saturated heterocycles. The van der Waals surface area contributed by atoms with E-state index in [1.165, 1.54) is 0 Å². The van der Waals surface area contributed by atoms with Crippen LogP contribution >= 0.6 is 0 Å². The van der Waals surface area contributed by atoms with Crippen LogP contribution < -0.4 is 10.6 Å². The Morgan fingerprint density at radius 1 is 1.21 bits per heavy atom. The van der Waals surface area contributed by atoms with Crippen molar-refractivity contribution in [2.24, 2.45) is 0 Å². The number of carboxylic acid groups (broad SMARTS) is 1. The molecule has 1 rings (SSSR count). The van der Waals surface area contributed by atoms with Crippen LogP contribution in [0.4, 0.5) is 0 Å². The third-order valence-electron chi connectivity index (χ3n) is 2.40. The van der Waals surface area contributed by atoms with Crippen LogP contribution in [0, 0.1) is 0 Å². The molecular weight excluding hydrogens is 248 g/mol. The highest BCUT2D eigenvalue weighted by atomic mass is 16.4. The van der Waals surface area contributed by atoms with Gasteiger partial charge in [-0.2, -0.15) is 0 Å². The average molecular weight is 264 g/mol. The number of benzene rings is 1. The van der Waals surface area contributed by atoms with Crippen LogP contribution in [-0.2, 0) is 9.59 Å². The Morgan fingerprint density at radius 2 is 1.84 bits per heavy atom. The van der Waals surface area contributed by atoms with Crippen molar-refractivity contribution >= 4 is 17.8 Å². The molecule has 1 unspecified atom stereocenters. The van der Waals surface area contributed by atoms with E-state index in [4.69, 9.17) is 5.11 Å². The first-order valence-electron chi connectivity index (χ1n) is 5.90. The molecule has 0 bridgehead atoms. The largest absolute Gasteiger partial charge is 0.480 e. The van der Waals surface area contributed by atoms with Gasteiger partial charge in [0.2, 0.25) is 5.91 Å². The second-order valence-electron chi connectivity index (χ2n) is 3.89. The normalized spacial score (nSPS) is 11.4. The Balaban J connectivity index is 2.66. The molecule has 1 aromatic rings. The fraction of sp³-hybridized carbons (Fsp3) is 0.308. The van der Waals surface area contributed by atoms with Gasteiger partial charge in [-0.05, 0) is 19.1 Å². The zero-order chi connectivity index (χ0) is 14.3. The second kappa shape index (κ2) is 7.15. The van der Waals surface area contributed by atoms with E-state index in [0.717, 1.165) is 0 Å². The van der Waals surface area contributed by atoms with Gasteiger partial charge in [0.1, 0.15) is 6.04 Å². The maximum Gasteiger partial charge on any atom is 0.326 e. The smallest absolute Gasteiger partial charge is 0.326 e. The van der Waals surface area contributed by atoms with Gasteiger partial charge in [0.05, 0.1) is 6.42 Å². The van der Waals surface area contributed by atoms with E-state index in [2.05, 4.69) is 10.6 Å². The van der Waals surface area contributed by atoms with Gasteiger partial charge in [0, 0.05) is 12.1 Å². The number of carbonyl (C=O) groups excluding carboxylic acids is 2. The molecule has 0 aliphatic rings. The van der Waals surface area contributed by atoms with Gasteiger partial charge in [-0.15, -0.1) is 0 Å². The lowest BCUT2D eigenvalue weighted by molar-refractivity contribution is -0.141. The van der Waals surface area contributed by atoms with E-state index in [9.17, 15) is 14.4 Å². The molecular formula is C13H16N2O4. The summed E-state index contributed by atoms with van der Waals surface area (Å²) in [6.45, 7) is 2.15. The van der Waals surface area contributed by atoms with Crippen molar-refractivity contribution in [1.82, 2.24) is 10.6 Å². The lowest BCUT2D eigenvalue weighted by Crippen LogP contribution is -2.44. The number of nitrogens with one attached hydrogen (secondary N) is 2. The van der Waals surface area contributed by atoms with Gasteiger partial charge in [-0.1, -0.05) is 18.2 Å². The van der Waals surface area contributed by atoms with E-state index >= 15 is 0 Å². The predicted octanol–water partition coefficient (Wildman–Crippen LogP) is 0.396. The summed E-state index contributed by atoms with van der Waals surface area (Å²) in [4.78, 5) is 34.2. The van der Waals surface area contributed by atoms with Crippen LogP contribution in [0.2, 0.25) is 0 Å². The van der Waals surface area contributed by atoms with Crippen molar-refractivity contribution in [3.63, 3.8) is 0 Å². The third kappa shape index (κ3) is 4.79. The van der Waals surface area contributed by atoms with Gasteiger partial charge in [0.15, 0.2) is 0 Å². The first-order chi connectivity index (χ1) is 9.04. The van der Waals surface area contributed by atoms with Crippen molar-refractivity contribution in [1.29, 1.82) is 0 Å². The first-order valence-corrected chi connectivity index (χ1v) is 5.90. The lowest BCUT2D eigenvalue weighted by Gasteiger charge is -2.14. The summed E-state index contributed by atoms with van der Waals surface area (Å²) in [5.41, 5.74) is 0.352. The number of carbonyl (C=O) groups is 3. The second-order valence-corrected chi connectivity index (χ2v) is 3.89. The Bertz CT molecular complexity index is 459. The van der Waals surface area contributed by atoms with Crippen LogP contribution in [0.5, 0.6) is 0 Å². The maximum atomic E-state index is 11.8. The summed E-state index contributed by atoms with van der Waals surface area (Å²) in [6, 6.07) is 7.00. The zero-order valence-electron chi connectivity index (χ0n) is 10.6. The predicted molar refractivity (Wildman–Crippen MR) is 68.6 cm³/mol.